The summed E-state index contributed by atoms with van der Waals surface area (Å²) in [5.41, 5.74) is 0.506. The third-order valence-electron chi connectivity index (χ3n) is 3.93. The molecule has 2 aliphatic heterocycles. The highest BCUT2D eigenvalue weighted by molar-refractivity contribution is 5.98. The van der Waals surface area contributed by atoms with Gasteiger partial charge in [0, 0.05) is 19.5 Å². The molecule has 2 fully saturated rings. The molecular formula is C15H15FN2O4. The lowest BCUT2D eigenvalue weighted by Gasteiger charge is -2.42. The fraction of sp³-hybridized carbons (Fsp3) is 0.400. The molecule has 6 nitrogen and oxygen atoms in total. The molecule has 0 saturated carbocycles. The number of imide groups is 1. The van der Waals surface area contributed by atoms with Gasteiger partial charge < -0.3 is 9.64 Å². The molecule has 3 rings (SSSR count). The maximum absolute atomic E-state index is 13.5. The minimum Gasteiger partial charge on any atom is -0.439 e. The third kappa shape index (κ3) is 2.66. The minimum atomic E-state index is -0.645. The first-order valence-electron chi connectivity index (χ1n) is 7.06. The van der Waals surface area contributed by atoms with Crippen molar-refractivity contribution in [2.75, 3.05) is 19.7 Å². The second kappa shape index (κ2) is 5.75. The molecule has 0 bridgehead atoms. The van der Waals surface area contributed by atoms with Crippen LogP contribution < -0.4 is 0 Å². The summed E-state index contributed by atoms with van der Waals surface area (Å²) in [5, 5.41) is 0. The molecule has 0 radical (unpaired) electrons. The molecule has 0 atom stereocenters. The third-order valence-corrected chi connectivity index (χ3v) is 3.93. The van der Waals surface area contributed by atoms with Crippen LogP contribution >= 0.6 is 0 Å². The van der Waals surface area contributed by atoms with Gasteiger partial charge in [-0.3, -0.25) is 9.59 Å². The van der Waals surface area contributed by atoms with Gasteiger partial charge in [-0.25, -0.2) is 14.1 Å². The van der Waals surface area contributed by atoms with Crippen LogP contribution in [0.2, 0.25) is 0 Å². The SMILES string of the molecule is O=C(CCc1ccccc1F)N1CC(N2C(=O)COC2=O)C1. The molecule has 2 saturated heterocycles. The first-order valence-corrected chi connectivity index (χ1v) is 7.06. The van der Waals surface area contributed by atoms with Gasteiger partial charge in [-0.2, -0.15) is 0 Å². The number of cyclic esters (lactones) is 1. The number of amides is 3. The van der Waals surface area contributed by atoms with E-state index in [4.69, 9.17) is 0 Å². The van der Waals surface area contributed by atoms with Crippen LogP contribution in [-0.2, 0) is 20.7 Å². The van der Waals surface area contributed by atoms with E-state index in [1.807, 2.05) is 0 Å². The fourth-order valence-electron chi connectivity index (χ4n) is 2.64. The van der Waals surface area contributed by atoms with Crippen molar-refractivity contribution in [2.45, 2.75) is 18.9 Å². The molecule has 0 spiro atoms. The Balaban J connectivity index is 1.49. The molecule has 0 unspecified atom stereocenters. The number of benzene rings is 1. The molecule has 116 valence electrons. The molecule has 2 heterocycles. The molecule has 0 aliphatic carbocycles. The average Bonchev–Trinajstić information content (AvgIpc) is 2.77. The molecule has 3 amide bonds. The van der Waals surface area contributed by atoms with Gasteiger partial charge in [-0.05, 0) is 18.1 Å². The van der Waals surface area contributed by atoms with Gasteiger partial charge in [0.2, 0.25) is 5.91 Å². The zero-order chi connectivity index (χ0) is 15.7. The van der Waals surface area contributed by atoms with Crippen molar-refractivity contribution >= 4 is 17.9 Å². The van der Waals surface area contributed by atoms with Gasteiger partial charge in [0.15, 0.2) is 6.61 Å². The molecule has 0 aromatic heterocycles. The summed E-state index contributed by atoms with van der Waals surface area (Å²) in [6.07, 6.45) is -0.114. The summed E-state index contributed by atoms with van der Waals surface area (Å²) in [5.74, 6) is -0.796. The van der Waals surface area contributed by atoms with E-state index in [0.717, 1.165) is 4.90 Å². The molecule has 0 N–H and O–H groups in total. The zero-order valence-electron chi connectivity index (χ0n) is 11.8. The monoisotopic (exact) mass is 306 g/mol. The normalized spacial score (nSPS) is 18.4. The number of carbonyl (C=O) groups excluding carboxylic acids is 3. The number of ether oxygens (including phenoxy) is 1. The van der Waals surface area contributed by atoms with E-state index >= 15 is 0 Å². The van der Waals surface area contributed by atoms with Crippen molar-refractivity contribution in [1.29, 1.82) is 0 Å². The summed E-state index contributed by atoms with van der Waals surface area (Å²) in [7, 11) is 0. The van der Waals surface area contributed by atoms with Crippen LogP contribution in [0.15, 0.2) is 24.3 Å². The van der Waals surface area contributed by atoms with Gasteiger partial charge in [-0.15, -0.1) is 0 Å². The number of nitrogens with zero attached hydrogens (tertiary/aromatic N) is 2. The fourth-order valence-corrected chi connectivity index (χ4v) is 2.64. The number of halogens is 1. The number of rotatable bonds is 4. The summed E-state index contributed by atoms with van der Waals surface area (Å²) in [6, 6.07) is 6.05. The number of carbonyl (C=O) groups is 3. The Morgan fingerprint density at radius 1 is 1.27 bits per heavy atom. The van der Waals surface area contributed by atoms with Crippen LogP contribution in [0.4, 0.5) is 9.18 Å². The Kier molecular flexibility index (Phi) is 3.79. The standard InChI is InChI=1S/C15H15FN2O4/c16-12-4-2-1-3-10(12)5-6-13(19)17-7-11(8-17)18-14(20)9-22-15(18)21/h1-4,11H,5-9H2. The van der Waals surface area contributed by atoms with Crippen molar-refractivity contribution in [3.05, 3.63) is 35.6 Å². The molecule has 1 aromatic rings. The first kappa shape index (κ1) is 14.5. The van der Waals surface area contributed by atoms with E-state index < -0.39 is 6.09 Å². The molecule has 2 aliphatic rings. The topological polar surface area (TPSA) is 66.9 Å². The van der Waals surface area contributed by atoms with Crippen molar-refractivity contribution in [3.8, 4) is 0 Å². The van der Waals surface area contributed by atoms with Crippen molar-refractivity contribution in [3.63, 3.8) is 0 Å². The van der Waals surface area contributed by atoms with Crippen LogP contribution in [-0.4, -0.2) is 53.4 Å². The summed E-state index contributed by atoms with van der Waals surface area (Å²) >= 11 is 0. The summed E-state index contributed by atoms with van der Waals surface area (Å²) in [4.78, 5) is 37.5. The molecule has 22 heavy (non-hydrogen) atoms. The predicted octanol–water partition coefficient (Wildman–Crippen LogP) is 0.948. The van der Waals surface area contributed by atoms with Gasteiger partial charge in [0.25, 0.3) is 5.91 Å². The van der Waals surface area contributed by atoms with Crippen molar-refractivity contribution < 1.29 is 23.5 Å². The predicted molar refractivity (Wildman–Crippen MR) is 73.3 cm³/mol. The van der Waals surface area contributed by atoms with Gasteiger partial charge in [0.1, 0.15) is 5.82 Å². The van der Waals surface area contributed by atoms with E-state index in [2.05, 4.69) is 4.74 Å². The highest BCUT2D eigenvalue weighted by atomic mass is 19.1. The maximum atomic E-state index is 13.5. The van der Waals surface area contributed by atoms with E-state index in [1.54, 1.807) is 23.1 Å². The number of likely N-dealkylation sites (tertiary alicyclic amines) is 1. The summed E-state index contributed by atoms with van der Waals surface area (Å²) < 4.78 is 18.1. The second-order valence-corrected chi connectivity index (χ2v) is 5.36. The number of aryl methyl sites for hydroxylation is 1. The van der Waals surface area contributed by atoms with Crippen LogP contribution in [0, 0.1) is 5.82 Å². The molecule has 1 aromatic carbocycles. The van der Waals surface area contributed by atoms with Crippen LogP contribution in [0.25, 0.3) is 0 Å². The van der Waals surface area contributed by atoms with Gasteiger partial charge in [0.05, 0.1) is 6.04 Å². The number of hydrogen-bond donors (Lipinski definition) is 0. The highest BCUT2D eigenvalue weighted by Crippen LogP contribution is 2.21. The van der Waals surface area contributed by atoms with E-state index in [0.29, 0.717) is 25.1 Å². The Labute approximate surface area is 126 Å². The lowest BCUT2D eigenvalue weighted by Crippen LogP contribution is -2.62. The zero-order valence-corrected chi connectivity index (χ0v) is 11.8. The van der Waals surface area contributed by atoms with Gasteiger partial charge >= 0.3 is 6.09 Å². The average molecular weight is 306 g/mol. The number of hydrogen-bond acceptors (Lipinski definition) is 4. The smallest absolute Gasteiger partial charge is 0.417 e. The summed E-state index contributed by atoms with van der Waals surface area (Å²) in [6.45, 7) is 0.407. The first-order chi connectivity index (χ1) is 10.6. The molecule has 7 heteroatoms. The van der Waals surface area contributed by atoms with Crippen LogP contribution in [0.3, 0.4) is 0 Å². The van der Waals surface area contributed by atoms with E-state index in [9.17, 15) is 18.8 Å². The quantitative estimate of drug-likeness (QED) is 0.830. The van der Waals surface area contributed by atoms with E-state index in [-0.39, 0.29) is 36.7 Å². The van der Waals surface area contributed by atoms with Crippen molar-refractivity contribution in [2.24, 2.45) is 0 Å². The Hall–Kier alpha value is -2.44. The highest BCUT2D eigenvalue weighted by Gasteiger charge is 2.44. The Morgan fingerprint density at radius 2 is 2.00 bits per heavy atom. The maximum Gasteiger partial charge on any atom is 0.417 e. The molecular weight excluding hydrogens is 291 g/mol. The van der Waals surface area contributed by atoms with Crippen molar-refractivity contribution in [1.82, 2.24) is 9.80 Å². The Bertz CT molecular complexity index is 612. The van der Waals surface area contributed by atoms with Gasteiger partial charge in [-0.1, -0.05) is 18.2 Å². The second-order valence-electron chi connectivity index (χ2n) is 5.36. The largest absolute Gasteiger partial charge is 0.439 e. The lowest BCUT2D eigenvalue weighted by molar-refractivity contribution is -0.142. The Morgan fingerprint density at radius 3 is 2.64 bits per heavy atom. The minimum absolute atomic E-state index is 0.112. The van der Waals surface area contributed by atoms with E-state index in [1.165, 1.54) is 6.07 Å². The van der Waals surface area contributed by atoms with Crippen LogP contribution in [0.1, 0.15) is 12.0 Å². The van der Waals surface area contributed by atoms with Crippen LogP contribution in [0.5, 0.6) is 0 Å². The lowest BCUT2D eigenvalue weighted by atomic mass is 10.0.